The molecule has 0 rings (SSSR count). The van der Waals surface area contributed by atoms with E-state index in [1.807, 2.05) is 0 Å². The maximum absolute atomic E-state index is 8.25. The molecule has 0 radical (unpaired) electrons. The molecule has 0 aromatic rings. The van der Waals surface area contributed by atoms with Gasteiger partial charge in [0, 0.05) is 0 Å². The third kappa shape index (κ3) is 290. The Morgan fingerprint density at radius 1 is 0.412 bits per heavy atom. The van der Waals surface area contributed by atoms with Crippen molar-refractivity contribution in [2.75, 3.05) is 0 Å². The van der Waals surface area contributed by atoms with Gasteiger partial charge in [0.25, 0.3) is 0 Å². The maximum Gasteiger partial charge on any atom is 4.00 e. The summed E-state index contributed by atoms with van der Waals surface area (Å²) in [6.45, 7) is 0. The molecule has 17 heavy (non-hydrogen) atoms. The topological polar surface area (TPSA) is 265 Å². The van der Waals surface area contributed by atoms with E-state index < -0.39 is 20.3 Å². The zero-order valence-electron chi connectivity index (χ0n) is 7.19. The molecule has 0 saturated heterocycles. The van der Waals surface area contributed by atoms with Crippen molar-refractivity contribution in [1.29, 1.82) is 0 Å². The van der Waals surface area contributed by atoms with Crippen LogP contribution >= 0.6 is 0 Å². The Balaban J connectivity index is -0.0000000369. The Hall–Kier alpha value is -2.49. The van der Waals surface area contributed by atoms with E-state index in [1.54, 1.807) is 0 Å². The minimum Gasteiger partial charge on any atom is -0.356 e. The van der Waals surface area contributed by atoms with E-state index >= 15 is 0 Å². The summed E-state index contributed by atoms with van der Waals surface area (Å²) in [5, 5.41) is 59.0. The zero-order chi connectivity index (χ0) is 14.3. The summed E-state index contributed by atoms with van der Waals surface area (Å²) in [7, 11) is 0. The summed E-state index contributed by atoms with van der Waals surface area (Å²) in [5.74, 6) is 0. The summed E-state index contributed by atoms with van der Waals surface area (Å²) in [4.78, 5) is 33.0. The van der Waals surface area contributed by atoms with Crippen LogP contribution in [0.4, 0.5) is 0 Å². The molecule has 0 unspecified atom stereocenters. The number of hydrogen-bond donors (Lipinski definition) is 0. The van der Waals surface area contributed by atoms with Crippen LogP contribution in [0.15, 0.2) is 0 Å². The molecule has 96 valence electrons. The first-order chi connectivity index (χ1) is 6.93. The Morgan fingerprint density at radius 3 is 0.412 bits per heavy atom. The molecule has 0 saturated carbocycles. The van der Waals surface area contributed by atoms with Gasteiger partial charge < -0.3 is 61.3 Å². The van der Waals surface area contributed by atoms with Crippen LogP contribution in [0.25, 0.3) is 0 Å². The van der Waals surface area contributed by atoms with Gasteiger partial charge in [-0.3, -0.25) is 0 Å². The molecule has 0 spiro atoms. The van der Waals surface area contributed by atoms with Gasteiger partial charge in [0.05, 0.1) is 20.3 Å². The molecule has 0 aliphatic heterocycles. The normalized spacial score (nSPS) is 5.65. The zero-order valence-corrected chi connectivity index (χ0v) is 8.75. The average Bonchev–Trinajstić information content (AvgIpc) is 1.76. The third-order valence-electron chi connectivity index (χ3n) is 0. The molecule has 0 amide bonds. The predicted octanol–water partition coefficient (Wildman–Crippen LogP) is -0.959. The summed E-state index contributed by atoms with van der Waals surface area (Å²) >= 11 is 0. The molecule has 0 aromatic carbocycles. The van der Waals surface area contributed by atoms with Crippen molar-refractivity contribution in [2.45, 2.75) is 0 Å². The molecule has 0 heterocycles. The van der Waals surface area contributed by atoms with Gasteiger partial charge in [0.2, 0.25) is 0 Å². The molecule has 0 atom stereocenters. The van der Waals surface area contributed by atoms with Gasteiger partial charge in [-0.2, -0.15) is 0 Å². The second-order valence-corrected chi connectivity index (χ2v) is 0.894. The van der Waals surface area contributed by atoms with Crippen LogP contribution in [0, 0.1) is 61.3 Å². The molecule has 0 N–H and O–H groups in total. The van der Waals surface area contributed by atoms with Gasteiger partial charge in [-0.1, -0.05) is 0 Å². The van der Waals surface area contributed by atoms with Gasteiger partial charge in [-0.15, -0.1) is 0 Å². The van der Waals surface area contributed by atoms with Crippen LogP contribution in [-0.4, -0.2) is 20.3 Å². The summed E-state index contributed by atoms with van der Waals surface area (Å²) in [5.41, 5.74) is 0. The quantitative estimate of drug-likeness (QED) is 0.296. The van der Waals surface area contributed by atoms with Crippen molar-refractivity contribution in [3.63, 3.8) is 0 Å². The standard InChI is InChI=1S/4NO3.Ti/c4*2-1(3)4;/q4*-1;+4. The van der Waals surface area contributed by atoms with E-state index in [-0.39, 0.29) is 21.7 Å². The average molecular weight is 296 g/mol. The van der Waals surface area contributed by atoms with Crippen molar-refractivity contribution in [2.24, 2.45) is 0 Å². The molecule has 0 aromatic heterocycles. The first-order valence-electron chi connectivity index (χ1n) is 2.19. The van der Waals surface area contributed by atoms with Gasteiger partial charge in [-0.25, -0.2) is 0 Å². The molecular weight excluding hydrogens is 296 g/mol. The molecule has 17 heteroatoms. The fraction of sp³-hybridized carbons (Fsp3) is 0. The minimum absolute atomic E-state index is 0. The molecule has 0 aliphatic rings. The Kier molecular flexibility index (Phi) is 40.3. The Labute approximate surface area is 104 Å². The van der Waals surface area contributed by atoms with E-state index in [1.165, 1.54) is 0 Å². The van der Waals surface area contributed by atoms with E-state index in [2.05, 4.69) is 0 Å². The van der Waals surface area contributed by atoms with E-state index in [0.29, 0.717) is 0 Å². The Bertz CT molecular complexity index is 159. The SMILES string of the molecule is O=[N+]([O-])[O-].O=[N+]([O-])[O-].O=[N+]([O-])[O-].O=[N+]([O-])[O-].[Ti+4]. The van der Waals surface area contributed by atoms with Crippen LogP contribution in [0.1, 0.15) is 0 Å². The Morgan fingerprint density at radius 2 is 0.412 bits per heavy atom. The van der Waals surface area contributed by atoms with Gasteiger partial charge in [0.15, 0.2) is 0 Å². The smallest absolute Gasteiger partial charge is 0.356 e. The first kappa shape index (κ1) is 29.3. The second-order valence-electron chi connectivity index (χ2n) is 0.894. The second kappa shape index (κ2) is 23.4. The largest absolute Gasteiger partial charge is 4.00 e. The number of nitrogens with zero attached hydrogens (tertiary/aromatic N) is 4. The van der Waals surface area contributed by atoms with Crippen LogP contribution < -0.4 is 0 Å². The summed E-state index contributed by atoms with van der Waals surface area (Å²) in [6, 6.07) is 0. The van der Waals surface area contributed by atoms with E-state index in [0.717, 1.165) is 0 Å². The van der Waals surface area contributed by atoms with Gasteiger partial charge in [-0.05, 0) is 0 Å². The predicted molar refractivity (Wildman–Crippen MR) is 41.4 cm³/mol. The van der Waals surface area contributed by atoms with Crippen LogP contribution in [0.2, 0.25) is 0 Å². The van der Waals surface area contributed by atoms with Crippen LogP contribution in [-0.2, 0) is 21.7 Å². The minimum atomic E-state index is -1.75. The molecule has 0 bridgehead atoms. The summed E-state index contributed by atoms with van der Waals surface area (Å²) < 4.78 is 0. The van der Waals surface area contributed by atoms with Crippen molar-refractivity contribution >= 4 is 0 Å². The van der Waals surface area contributed by atoms with E-state index in [4.69, 9.17) is 61.3 Å². The van der Waals surface area contributed by atoms with Crippen molar-refractivity contribution in [3.8, 4) is 0 Å². The summed E-state index contributed by atoms with van der Waals surface area (Å²) in [6.07, 6.45) is 0. The molecule has 0 fully saturated rings. The molecule has 16 nitrogen and oxygen atoms in total. The third-order valence-corrected chi connectivity index (χ3v) is 0. The maximum atomic E-state index is 8.25. The molecular formula is N4O12Ti. The fourth-order valence-corrected chi connectivity index (χ4v) is 0. The number of hydrogen-bond acceptors (Lipinski definition) is 12. The van der Waals surface area contributed by atoms with Crippen LogP contribution in [0.3, 0.4) is 0 Å². The van der Waals surface area contributed by atoms with Gasteiger partial charge in [0.1, 0.15) is 0 Å². The van der Waals surface area contributed by atoms with Crippen molar-refractivity contribution in [3.05, 3.63) is 61.3 Å². The van der Waals surface area contributed by atoms with Gasteiger partial charge >= 0.3 is 21.7 Å². The van der Waals surface area contributed by atoms with Crippen molar-refractivity contribution in [1.82, 2.24) is 0 Å². The molecule has 0 aliphatic carbocycles. The first-order valence-corrected chi connectivity index (χ1v) is 2.19. The monoisotopic (exact) mass is 296 g/mol. The fourth-order valence-electron chi connectivity index (χ4n) is 0. The van der Waals surface area contributed by atoms with Crippen LogP contribution in [0.5, 0.6) is 0 Å². The van der Waals surface area contributed by atoms with E-state index in [9.17, 15) is 0 Å². The van der Waals surface area contributed by atoms with Crippen molar-refractivity contribution < 1.29 is 42.1 Å². The number of rotatable bonds is 0.